The molecule has 0 saturated carbocycles. The van der Waals surface area contributed by atoms with Crippen molar-refractivity contribution in [2.24, 2.45) is 11.1 Å². The fourth-order valence-corrected chi connectivity index (χ4v) is 5.85. The zero-order valence-corrected chi connectivity index (χ0v) is 12.6. The zero-order chi connectivity index (χ0) is 14.1. The second kappa shape index (κ2) is 5.31. The third-order valence-corrected chi connectivity index (χ3v) is 6.81. The van der Waals surface area contributed by atoms with Gasteiger partial charge in [-0.1, -0.05) is 6.92 Å². The van der Waals surface area contributed by atoms with E-state index < -0.39 is 20.9 Å². The zero-order valence-electron chi connectivity index (χ0n) is 11.8. The maximum Gasteiger partial charge on any atom is 0.151 e. The Balaban J connectivity index is 2.12. The number of hydrogen-bond donors (Lipinski definition) is 2. The van der Waals surface area contributed by atoms with E-state index >= 15 is 0 Å². The average Bonchev–Trinajstić information content (AvgIpc) is 2.70. The maximum atomic E-state index is 11.8. The Kier molecular flexibility index (Phi) is 4.26. The molecule has 6 heteroatoms. The van der Waals surface area contributed by atoms with Crippen LogP contribution in [0.15, 0.2) is 0 Å². The van der Waals surface area contributed by atoms with Crippen molar-refractivity contribution in [2.45, 2.75) is 38.2 Å². The monoisotopic (exact) mass is 290 g/mol. The van der Waals surface area contributed by atoms with Crippen LogP contribution in [0.3, 0.4) is 0 Å². The van der Waals surface area contributed by atoms with Gasteiger partial charge in [0.25, 0.3) is 0 Å². The van der Waals surface area contributed by atoms with Crippen molar-refractivity contribution >= 4 is 9.84 Å². The van der Waals surface area contributed by atoms with Crippen LogP contribution in [0.2, 0.25) is 0 Å². The summed E-state index contributed by atoms with van der Waals surface area (Å²) in [5.41, 5.74) is 4.33. The molecular weight excluding hydrogens is 264 g/mol. The fourth-order valence-electron chi connectivity index (χ4n) is 3.63. The molecule has 112 valence electrons. The van der Waals surface area contributed by atoms with Crippen molar-refractivity contribution in [3.05, 3.63) is 0 Å². The molecule has 0 radical (unpaired) electrons. The van der Waals surface area contributed by atoms with E-state index in [1.165, 1.54) is 0 Å². The normalized spacial score (nSPS) is 34.5. The standard InChI is InChI=1S/C13H26N2O3S/c1-2-6-15-7-3-13(16,4-8-15)12(10-14)5-9-19(17,18)11-12/h16H,2-11,14H2,1H3. The molecule has 0 amide bonds. The lowest BCUT2D eigenvalue weighted by Crippen LogP contribution is -2.58. The van der Waals surface area contributed by atoms with Crippen LogP contribution in [-0.2, 0) is 9.84 Å². The molecule has 19 heavy (non-hydrogen) atoms. The Morgan fingerprint density at radius 2 is 1.89 bits per heavy atom. The van der Waals surface area contributed by atoms with Crippen LogP contribution in [0, 0.1) is 5.41 Å². The number of hydrogen-bond acceptors (Lipinski definition) is 5. The summed E-state index contributed by atoms with van der Waals surface area (Å²) in [6, 6.07) is 0. The summed E-state index contributed by atoms with van der Waals surface area (Å²) in [7, 11) is -3.03. The molecule has 0 aromatic carbocycles. The molecule has 2 saturated heterocycles. The smallest absolute Gasteiger partial charge is 0.151 e. The van der Waals surface area contributed by atoms with Crippen molar-refractivity contribution in [1.82, 2.24) is 4.90 Å². The van der Waals surface area contributed by atoms with E-state index in [9.17, 15) is 13.5 Å². The molecule has 2 rings (SSSR count). The predicted octanol–water partition coefficient (Wildman–Crippen LogP) is -0.0131. The van der Waals surface area contributed by atoms with Crippen molar-refractivity contribution in [3.8, 4) is 0 Å². The molecule has 0 aromatic rings. The summed E-state index contributed by atoms with van der Waals surface area (Å²) in [6.07, 6.45) is 2.89. The van der Waals surface area contributed by atoms with E-state index in [4.69, 9.17) is 5.73 Å². The molecule has 5 nitrogen and oxygen atoms in total. The molecule has 1 atom stereocenters. The van der Waals surface area contributed by atoms with Gasteiger partial charge in [0, 0.05) is 25.0 Å². The van der Waals surface area contributed by atoms with Gasteiger partial charge in [-0.25, -0.2) is 8.42 Å². The Morgan fingerprint density at radius 1 is 1.26 bits per heavy atom. The number of nitrogens with zero attached hydrogens (tertiary/aromatic N) is 1. The number of sulfone groups is 1. The van der Waals surface area contributed by atoms with Crippen LogP contribution in [0.25, 0.3) is 0 Å². The maximum absolute atomic E-state index is 11.8. The highest BCUT2D eigenvalue weighted by Crippen LogP contribution is 2.46. The van der Waals surface area contributed by atoms with E-state index in [1.807, 2.05) is 0 Å². The number of nitrogens with two attached hydrogens (primary N) is 1. The van der Waals surface area contributed by atoms with Crippen LogP contribution in [0.4, 0.5) is 0 Å². The van der Waals surface area contributed by atoms with Crippen LogP contribution < -0.4 is 5.73 Å². The first-order valence-corrected chi connectivity index (χ1v) is 9.04. The molecule has 0 aromatic heterocycles. The number of likely N-dealkylation sites (tertiary alicyclic amines) is 1. The average molecular weight is 290 g/mol. The highest BCUT2D eigenvalue weighted by molar-refractivity contribution is 7.91. The fraction of sp³-hybridized carbons (Fsp3) is 1.00. The molecule has 1 unspecified atom stereocenters. The van der Waals surface area contributed by atoms with Gasteiger partial charge < -0.3 is 15.7 Å². The lowest BCUT2D eigenvalue weighted by molar-refractivity contribution is -0.107. The van der Waals surface area contributed by atoms with E-state index in [2.05, 4.69) is 11.8 Å². The minimum Gasteiger partial charge on any atom is -0.389 e. The Bertz CT molecular complexity index is 416. The van der Waals surface area contributed by atoms with Crippen LogP contribution in [-0.4, -0.2) is 61.7 Å². The van der Waals surface area contributed by atoms with E-state index in [-0.39, 0.29) is 18.1 Å². The minimum absolute atomic E-state index is 0.0563. The van der Waals surface area contributed by atoms with E-state index in [1.54, 1.807) is 0 Å². The van der Waals surface area contributed by atoms with Gasteiger partial charge in [0.1, 0.15) is 0 Å². The minimum atomic E-state index is -3.03. The van der Waals surface area contributed by atoms with Gasteiger partial charge in [-0.15, -0.1) is 0 Å². The Hall–Kier alpha value is -0.170. The molecule has 0 bridgehead atoms. The summed E-state index contributed by atoms with van der Waals surface area (Å²) in [6.45, 7) is 5.13. The third-order valence-electron chi connectivity index (χ3n) is 4.99. The van der Waals surface area contributed by atoms with Crippen molar-refractivity contribution in [3.63, 3.8) is 0 Å². The molecule has 0 aliphatic carbocycles. The molecular formula is C13H26N2O3S. The molecule has 3 N–H and O–H groups in total. The van der Waals surface area contributed by atoms with Crippen molar-refractivity contribution in [1.29, 1.82) is 0 Å². The molecule has 0 spiro atoms. The molecule has 2 aliphatic heterocycles. The SMILES string of the molecule is CCCN1CCC(O)(C2(CN)CCS(=O)(=O)C2)CC1. The van der Waals surface area contributed by atoms with Crippen molar-refractivity contribution < 1.29 is 13.5 Å². The van der Waals surface area contributed by atoms with Crippen LogP contribution >= 0.6 is 0 Å². The van der Waals surface area contributed by atoms with Gasteiger partial charge in [-0.3, -0.25) is 0 Å². The van der Waals surface area contributed by atoms with Gasteiger partial charge in [-0.05, 0) is 32.2 Å². The van der Waals surface area contributed by atoms with E-state index in [0.29, 0.717) is 19.3 Å². The second-order valence-electron chi connectivity index (χ2n) is 6.20. The third kappa shape index (κ3) is 2.82. The Labute approximate surface area is 116 Å². The van der Waals surface area contributed by atoms with Gasteiger partial charge >= 0.3 is 0 Å². The topological polar surface area (TPSA) is 83.6 Å². The van der Waals surface area contributed by atoms with Gasteiger partial charge in [-0.2, -0.15) is 0 Å². The lowest BCUT2D eigenvalue weighted by atomic mass is 9.66. The summed E-state index contributed by atoms with van der Waals surface area (Å²) in [5, 5.41) is 11.0. The number of aliphatic hydroxyl groups is 1. The quantitative estimate of drug-likeness (QED) is 0.760. The highest BCUT2D eigenvalue weighted by atomic mass is 32.2. The first kappa shape index (κ1) is 15.2. The Morgan fingerprint density at radius 3 is 2.32 bits per heavy atom. The summed E-state index contributed by atoms with van der Waals surface area (Å²) >= 11 is 0. The number of rotatable bonds is 4. The number of piperidine rings is 1. The summed E-state index contributed by atoms with van der Waals surface area (Å²) in [4.78, 5) is 2.34. The van der Waals surface area contributed by atoms with E-state index in [0.717, 1.165) is 26.1 Å². The van der Waals surface area contributed by atoms with Gasteiger partial charge in [0.15, 0.2) is 9.84 Å². The first-order valence-electron chi connectivity index (χ1n) is 7.22. The molecule has 2 heterocycles. The highest BCUT2D eigenvalue weighted by Gasteiger charge is 2.55. The van der Waals surface area contributed by atoms with Crippen LogP contribution in [0.1, 0.15) is 32.6 Å². The van der Waals surface area contributed by atoms with Gasteiger partial charge in [0.2, 0.25) is 0 Å². The lowest BCUT2D eigenvalue weighted by Gasteiger charge is -2.48. The summed E-state index contributed by atoms with van der Waals surface area (Å²) in [5.74, 6) is 0.228. The van der Waals surface area contributed by atoms with Crippen LogP contribution in [0.5, 0.6) is 0 Å². The first-order chi connectivity index (χ1) is 8.86. The molecule has 2 aliphatic rings. The predicted molar refractivity (Wildman–Crippen MR) is 75.7 cm³/mol. The van der Waals surface area contributed by atoms with Crippen molar-refractivity contribution in [2.75, 3.05) is 37.7 Å². The largest absolute Gasteiger partial charge is 0.389 e. The molecule has 2 fully saturated rings. The second-order valence-corrected chi connectivity index (χ2v) is 8.38. The van der Waals surface area contributed by atoms with Gasteiger partial charge in [0.05, 0.1) is 17.1 Å². The summed E-state index contributed by atoms with van der Waals surface area (Å²) < 4.78 is 23.6.